The SMILES string of the molecule is CC(C)(c1ccc(O)cc1)c1ccc(-c2ccc(C(C)(C)c3ccc(OCC4CO4)cc3)cc2)cc1. The van der Waals surface area contributed by atoms with Crippen LogP contribution in [0.1, 0.15) is 49.9 Å². The summed E-state index contributed by atoms with van der Waals surface area (Å²) in [5.74, 6) is 1.18. The van der Waals surface area contributed by atoms with E-state index in [0.717, 1.165) is 12.4 Å². The third-order valence-corrected chi connectivity index (χ3v) is 7.55. The summed E-state index contributed by atoms with van der Waals surface area (Å²) in [5.41, 5.74) is 7.09. The average Bonchev–Trinajstić information content (AvgIpc) is 3.73. The highest BCUT2D eigenvalue weighted by atomic mass is 16.6. The first-order chi connectivity index (χ1) is 17.2. The van der Waals surface area contributed by atoms with Gasteiger partial charge >= 0.3 is 0 Å². The Kier molecular flexibility index (Phi) is 6.36. The van der Waals surface area contributed by atoms with Crippen LogP contribution in [0.2, 0.25) is 0 Å². The molecule has 36 heavy (non-hydrogen) atoms. The molecule has 1 atom stereocenters. The van der Waals surface area contributed by atoms with E-state index >= 15 is 0 Å². The minimum atomic E-state index is -0.146. The molecule has 4 aromatic carbocycles. The Hall–Kier alpha value is -3.56. The van der Waals surface area contributed by atoms with E-state index in [0.29, 0.717) is 12.4 Å². The zero-order valence-electron chi connectivity index (χ0n) is 21.5. The number of hydrogen-bond acceptors (Lipinski definition) is 3. The molecule has 0 radical (unpaired) electrons. The fourth-order valence-corrected chi connectivity index (χ4v) is 4.69. The quantitative estimate of drug-likeness (QED) is 0.267. The molecule has 0 saturated carbocycles. The van der Waals surface area contributed by atoms with Crippen LogP contribution in [0.4, 0.5) is 0 Å². The van der Waals surface area contributed by atoms with Crippen molar-refractivity contribution in [3.05, 3.63) is 119 Å². The van der Waals surface area contributed by atoms with Crippen LogP contribution in [0, 0.1) is 0 Å². The van der Waals surface area contributed by atoms with Crippen molar-refractivity contribution in [1.29, 1.82) is 0 Å². The molecule has 0 aliphatic carbocycles. The Morgan fingerprint density at radius 2 is 1.00 bits per heavy atom. The fourth-order valence-electron chi connectivity index (χ4n) is 4.69. The van der Waals surface area contributed by atoms with Crippen LogP contribution >= 0.6 is 0 Å². The maximum absolute atomic E-state index is 9.63. The molecule has 1 unspecified atom stereocenters. The van der Waals surface area contributed by atoms with Gasteiger partial charge in [-0.3, -0.25) is 0 Å². The van der Waals surface area contributed by atoms with Crippen molar-refractivity contribution >= 4 is 0 Å². The van der Waals surface area contributed by atoms with Crippen molar-refractivity contribution in [1.82, 2.24) is 0 Å². The number of benzene rings is 4. The summed E-state index contributed by atoms with van der Waals surface area (Å²) in [7, 11) is 0. The summed E-state index contributed by atoms with van der Waals surface area (Å²) >= 11 is 0. The molecule has 1 saturated heterocycles. The molecule has 0 bridgehead atoms. The Morgan fingerprint density at radius 3 is 1.39 bits per heavy atom. The van der Waals surface area contributed by atoms with Gasteiger partial charge in [-0.25, -0.2) is 0 Å². The zero-order valence-corrected chi connectivity index (χ0v) is 21.5. The molecule has 5 rings (SSSR count). The maximum atomic E-state index is 9.63. The van der Waals surface area contributed by atoms with E-state index in [9.17, 15) is 5.11 Å². The summed E-state index contributed by atoms with van der Waals surface area (Å²) in [4.78, 5) is 0. The lowest BCUT2D eigenvalue weighted by Gasteiger charge is -2.27. The van der Waals surface area contributed by atoms with Gasteiger partial charge in [0.1, 0.15) is 24.2 Å². The predicted molar refractivity (Wildman–Crippen MR) is 146 cm³/mol. The average molecular weight is 479 g/mol. The number of aromatic hydroxyl groups is 1. The van der Waals surface area contributed by atoms with Gasteiger partial charge < -0.3 is 14.6 Å². The van der Waals surface area contributed by atoms with Crippen LogP contribution in [0.15, 0.2) is 97.1 Å². The Balaban J connectivity index is 1.30. The molecule has 4 aromatic rings. The van der Waals surface area contributed by atoms with Gasteiger partial charge in [0, 0.05) is 10.8 Å². The van der Waals surface area contributed by atoms with E-state index in [-0.39, 0.29) is 16.9 Å². The van der Waals surface area contributed by atoms with Crippen LogP contribution in [0.3, 0.4) is 0 Å². The van der Waals surface area contributed by atoms with E-state index in [1.165, 1.54) is 33.4 Å². The van der Waals surface area contributed by atoms with Crippen LogP contribution in [0.25, 0.3) is 11.1 Å². The molecule has 184 valence electrons. The van der Waals surface area contributed by atoms with E-state index in [1.54, 1.807) is 12.1 Å². The fraction of sp³-hybridized carbons (Fsp3) is 0.273. The first kappa shape index (κ1) is 24.1. The lowest BCUT2D eigenvalue weighted by Crippen LogP contribution is -2.19. The number of hydrogen-bond donors (Lipinski definition) is 1. The van der Waals surface area contributed by atoms with Crippen molar-refractivity contribution in [2.24, 2.45) is 0 Å². The molecule has 1 N–H and O–H groups in total. The molecule has 0 spiro atoms. The molecular weight excluding hydrogens is 444 g/mol. The third kappa shape index (κ3) is 5.03. The van der Waals surface area contributed by atoms with Crippen molar-refractivity contribution in [2.75, 3.05) is 13.2 Å². The Labute approximate surface area is 214 Å². The van der Waals surface area contributed by atoms with Gasteiger partial charge in [-0.05, 0) is 57.6 Å². The zero-order chi connectivity index (χ0) is 25.3. The highest BCUT2D eigenvalue weighted by Crippen LogP contribution is 2.36. The normalized spacial score (nSPS) is 15.5. The summed E-state index contributed by atoms with van der Waals surface area (Å²) in [6.07, 6.45) is 0.265. The van der Waals surface area contributed by atoms with E-state index in [1.807, 2.05) is 12.1 Å². The van der Waals surface area contributed by atoms with Gasteiger partial charge in [0.15, 0.2) is 0 Å². The van der Waals surface area contributed by atoms with Crippen molar-refractivity contribution in [2.45, 2.75) is 44.6 Å². The van der Waals surface area contributed by atoms with Gasteiger partial charge in [0.25, 0.3) is 0 Å². The smallest absolute Gasteiger partial charge is 0.119 e. The summed E-state index contributed by atoms with van der Waals surface area (Å²) in [6, 6.07) is 33.6. The molecule has 3 nitrogen and oxygen atoms in total. The standard InChI is InChI=1S/C33H34O3/c1-32(2,27-13-17-29(34)18-14-27)25-9-5-23(6-10-25)24-7-11-26(12-8-24)33(3,4)28-15-19-30(20-16-28)35-21-31-22-36-31/h5-20,31,34H,21-22H2,1-4H3. The first-order valence-corrected chi connectivity index (χ1v) is 12.6. The molecule has 3 heteroatoms. The minimum absolute atomic E-state index is 0.116. The number of ether oxygens (including phenoxy) is 2. The summed E-state index contributed by atoms with van der Waals surface area (Å²) < 4.78 is 11.0. The number of epoxide rings is 1. The van der Waals surface area contributed by atoms with Crippen molar-refractivity contribution in [3.63, 3.8) is 0 Å². The van der Waals surface area contributed by atoms with E-state index in [2.05, 4.69) is 100 Å². The second-order valence-electron chi connectivity index (χ2n) is 10.7. The van der Waals surface area contributed by atoms with Gasteiger partial charge in [0.2, 0.25) is 0 Å². The van der Waals surface area contributed by atoms with Gasteiger partial charge in [-0.1, -0.05) is 100 Å². The predicted octanol–water partition coefficient (Wildman–Crippen LogP) is 7.49. The van der Waals surface area contributed by atoms with E-state index in [4.69, 9.17) is 9.47 Å². The molecule has 1 aliphatic rings. The molecule has 1 heterocycles. The van der Waals surface area contributed by atoms with Crippen LogP contribution in [-0.2, 0) is 15.6 Å². The molecule has 0 aromatic heterocycles. The molecular formula is C33H34O3. The largest absolute Gasteiger partial charge is 0.508 e. The third-order valence-electron chi connectivity index (χ3n) is 7.55. The molecule has 1 fully saturated rings. The number of phenols is 1. The number of rotatable bonds is 8. The summed E-state index contributed by atoms with van der Waals surface area (Å²) in [6.45, 7) is 10.4. The second-order valence-corrected chi connectivity index (χ2v) is 10.7. The van der Waals surface area contributed by atoms with Crippen LogP contribution in [-0.4, -0.2) is 24.4 Å². The first-order valence-electron chi connectivity index (χ1n) is 12.6. The van der Waals surface area contributed by atoms with Gasteiger partial charge in [-0.2, -0.15) is 0 Å². The molecule has 0 amide bonds. The van der Waals surface area contributed by atoms with Crippen LogP contribution in [0.5, 0.6) is 11.5 Å². The summed E-state index contributed by atoms with van der Waals surface area (Å²) in [5, 5.41) is 9.63. The highest BCUT2D eigenvalue weighted by Gasteiger charge is 2.25. The van der Waals surface area contributed by atoms with Gasteiger partial charge in [0.05, 0.1) is 6.61 Å². The topological polar surface area (TPSA) is 42.0 Å². The number of phenolic OH excluding ortho intramolecular Hbond substituents is 1. The van der Waals surface area contributed by atoms with Crippen molar-refractivity contribution in [3.8, 4) is 22.6 Å². The van der Waals surface area contributed by atoms with Gasteiger partial charge in [-0.15, -0.1) is 0 Å². The van der Waals surface area contributed by atoms with E-state index < -0.39 is 0 Å². The molecule has 1 aliphatic heterocycles. The maximum Gasteiger partial charge on any atom is 0.119 e. The lowest BCUT2D eigenvalue weighted by atomic mass is 9.77. The highest BCUT2D eigenvalue weighted by molar-refractivity contribution is 5.65. The monoisotopic (exact) mass is 478 g/mol. The lowest BCUT2D eigenvalue weighted by molar-refractivity contribution is 0.263. The van der Waals surface area contributed by atoms with Crippen molar-refractivity contribution < 1.29 is 14.6 Å². The Bertz CT molecular complexity index is 1300. The van der Waals surface area contributed by atoms with Crippen LogP contribution < -0.4 is 4.74 Å². The minimum Gasteiger partial charge on any atom is -0.508 e. The second kappa shape index (κ2) is 9.48. The Morgan fingerprint density at radius 1 is 0.639 bits per heavy atom.